The van der Waals surface area contributed by atoms with Crippen molar-refractivity contribution < 1.29 is 14.3 Å². The first-order chi connectivity index (χ1) is 7.41. The molecule has 0 bridgehead atoms. The summed E-state index contributed by atoms with van der Waals surface area (Å²) < 4.78 is 13.3. The third-order valence-electron chi connectivity index (χ3n) is 2.33. The highest BCUT2D eigenvalue weighted by atomic mass is 19.1. The number of hydrogen-bond acceptors (Lipinski definition) is 1. The van der Waals surface area contributed by atoms with Crippen LogP contribution >= 0.6 is 0 Å². The van der Waals surface area contributed by atoms with E-state index in [0.717, 1.165) is 4.90 Å². The molecule has 4 heteroatoms. The zero-order valence-corrected chi connectivity index (χ0v) is 9.33. The molecule has 1 aromatic rings. The first kappa shape index (κ1) is 12.2. The van der Waals surface area contributed by atoms with Crippen molar-refractivity contribution in [3.8, 4) is 0 Å². The summed E-state index contributed by atoms with van der Waals surface area (Å²) in [5.41, 5.74) is 1.75. The quantitative estimate of drug-likeness (QED) is 0.855. The van der Waals surface area contributed by atoms with Gasteiger partial charge in [-0.1, -0.05) is 18.7 Å². The number of carboxylic acid groups (broad SMARTS) is 1. The first-order valence-corrected chi connectivity index (χ1v) is 4.80. The normalized spacial score (nSPS) is 9.94. The Morgan fingerprint density at radius 2 is 2.19 bits per heavy atom. The topological polar surface area (TPSA) is 40.5 Å². The molecule has 0 aliphatic carbocycles. The van der Waals surface area contributed by atoms with Crippen LogP contribution in [0.15, 0.2) is 24.8 Å². The van der Waals surface area contributed by atoms with Crippen LogP contribution in [0, 0.1) is 12.7 Å². The van der Waals surface area contributed by atoms with Gasteiger partial charge in [0.15, 0.2) is 0 Å². The molecule has 1 amide bonds. The average molecular weight is 223 g/mol. The Morgan fingerprint density at radius 3 is 2.69 bits per heavy atom. The van der Waals surface area contributed by atoms with E-state index in [9.17, 15) is 9.18 Å². The fourth-order valence-corrected chi connectivity index (χ4v) is 1.26. The fourth-order valence-electron chi connectivity index (χ4n) is 1.26. The van der Waals surface area contributed by atoms with Gasteiger partial charge in [0.25, 0.3) is 0 Å². The van der Waals surface area contributed by atoms with Gasteiger partial charge >= 0.3 is 6.09 Å². The molecule has 1 N–H and O–H groups in total. The van der Waals surface area contributed by atoms with Crippen LogP contribution in [-0.4, -0.2) is 29.7 Å². The lowest BCUT2D eigenvalue weighted by Gasteiger charge is -2.15. The first-order valence-electron chi connectivity index (χ1n) is 4.80. The van der Waals surface area contributed by atoms with Crippen LogP contribution in [-0.2, 0) is 0 Å². The van der Waals surface area contributed by atoms with Crippen molar-refractivity contribution in [3.05, 3.63) is 41.7 Å². The average Bonchev–Trinajstić information content (AvgIpc) is 2.21. The molecule has 16 heavy (non-hydrogen) atoms. The van der Waals surface area contributed by atoms with Gasteiger partial charge in [-0.05, 0) is 29.7 Å². The number of halogens is 1. The molecule has 1 aromatic carbocycles. The fraction of sp³-hybridized carbons (Fsp3) is 0.250. The van der Waals surface area contributed by atoms with Crippen molar-refractivity contribution in [2.24, 2.45) is 0 Å². The number of aryl methyl sites for hydroxylation is 1. The minimum absolute atomic E-state index is 0.165. The summed E-state index contributed by atoms with van der Waals surface area (Å²) in [6.45, 7) is 5.58. The van der Waals surface area contributed by atoms with Crippen LogP contribution in [0.4, 0.5) is 9.18 Å². The van der Waals surface area contributed by atoms with Gasteiger partial charge < -0.3 is 10.0 Å². The monoisotopic (exact) mass is 223 g/mol. The van der Waals surface area contributed by atoms with E-state index in [-0.39, 0.29) is 12.4 Å². The highest BCUT2D eigenvalue weighted by Gasteiger charge is 2.09. The van der Waals surface area contributed by atoms with E-state index in [1.807, 2.05) is 0 Å². The maximum absolute atomic E-state index is 13.3. The number of benzene rings is 1. The summed E-state index contributed by atoms with van der Waals surface area (Å²) in [6.07, 6.45) is -1.03. The molecule has 0 aliphatic heterocycles. The molecule has 0 spiro atoms. The lowest BCUT2D eigenvalue weighted by atomic mass is 10.1. The molecular weight excluding hydrogens is 209 g/mol. The summed E-state index contributed by atoms with van der Waals surface area (Å²) in [5.74, 6) is -0.309. The number of hydrogen-bond donors (Lipinski definition) is 1. The van der Waals surface area contributed by atoms with Crippen LogP contribution in [0.1, 0.15) is 11.1 Å². The highest BCUT2D eigenvalue weighted by Crippen LogP contribution is 2.17. The maximum atomic E-state index is 13.3. The SMILES string of the molecule is C=C(CN(C)C(=O)O)c1ccc(C)c(F)c1. The molecule has 0 fully saturated rings. The summed E-state index contributed by atoms with van der Waals surface area (Å²) in [4.78, 5) is 11.7. The van der Waals surface area contributed by atoms with Crippen LogP contribution in [0.3, 0.4) is 0 Å². The summed E-state index contributed by atoms with van der Waals surface area (Å²) in [7, 11) is 1.44. The van der Waals surface area contributed by atoms with Crippen LogP contribution < -0.4 is 0 Å². The van der Waals surface area contributed by atoms with E-state index in [4.69, 9.17) is 5.11 Å². The second-order valence-corrected chi connectivity index (χ2v) is 3.71. The van der Waals surface area contributed by atoms with Crippen molar-refractivity contribution >= 4 is 11.7 Å². The standard InChI is InChI=1S/C12H14FNO2/c1-8-4-5-10(6-11(8)13)9(2)7-14(3)12(15)16/h4-6H,2,7H2,1,3H3,(H,15,16). The summed E-state index contributed by atoms with van der Waals surface area (Å²) in [6, 6.07) is 4.75. The van der Waals surface area contributed by atoms with Gasteiger partial charge in [-0.15, -0.1) is 0 Å². The summed E-state index contributed by atoms with van der Waals surface area (Å²) >= 11 is 0. The number of likely N-dealkylation sites (N-methyl/N-ethyl adjacent to an activating group) is 1. The molecule has 0 aromatic heterocycles. The van der Waals surface area contributed by atoms with Crippen molar-refractivity contribution in [3.63, 3.8) is 0 Å². The van der Waals surface area contributed by atoms with Crippen molar-refractivity contribution in [1.82, 2.24) is 4.90 Å². The maximum Gasteiger partial charge on any atom is 0.407 e. The van der Waals surface area contributed by atoms with Gasteiger partial charge in [-0.3, -0.25) is 0 Å². The Hall–Kier alpha value is -1.84. The molecule has 0 heterocycles. The van der Waals surface area contributed by atoms with E-state index in [1.165, 1.54) is 13.1 Å². The Labute approximate surface area is 93.8 Å². The zero-order valence-electron chi connectivity index (χ0n) is 9.33. The minimum Gasteiger partial charge on any atom is -0.465 e. The van der Waals surface area contributed by atoms with Gasteiger partial charge in [0, 0.05) is 13.6 Å². The van der Waals surface area contributed by atoms with Crippen LogP contribution in [0.25, 0.3) is 5.57 Å². The van der Waals surface area contributed by atoms with Crippen molar-refractivity contribution in [2.75, 3.05) is 13.6 Å². The number of amides is 1. The highest BCUT2D eigenvalue weighted by molar-refractivity contribution is 5.71. The van der Waals surface area contributed by atoms with Gasteiger partial charge in [0.2, 0.25) is 0 Å². The Balaban J connectivity index is 2.81. The van der Waals surface area contributed by atoms with E-state index in [0.29, 0.717) is 16.7 Å². The minimum atomic E-state index is -1.03. The summed E-state index contributed by atoms with van der Waals surface area (Å²) in [5, 5.41) is 8.69. The molecule has 86 valence electrons. The van der Waals surface area contributed by atoms with Crippen molar-refractivity contribution in [2.45, 2.75) is 6.92 Å². The molecule has 0 atom stereocenters. The number of rotatable bonds is 3. The molecule has 1 rings (SSSR count). The van der Waals surface area contributed by atoms with E-state index >= 15 is 0 Å². The second kappa shape index (κ2) is 4.79. The lowest BCUT2D eigenvalue weighted by Crippen LogP contribution is -2.26. The largest absolute Gasteiger partial charge is 0.465 e. The lowest BCUT2D eigenvalue weighted by molar-refractivity contribution is 0.161. The molecule has 0 radical (unpaired) electrons. The van der Waals surface area contributed by atoms with Gasteiger partial charge in [0.05, 0.1) is 0 Å². The van der Waals surface area contributed by atoms with Gasteiger partial charge in [-0.2, -0.15) is 0 Å². The smallest absolute Gasteiger partial charge is 0.407 e. The predicted molar refractivity (Wildman–Crippen MR) is 60.8 cm³/mol. The molecule has 3 nitrogen and oxygen atoms in total. The molecule has 0 aliphatic rings. The van der Waals surface area contributed by atoms with Crippen LogP contribution in [0.2, 0.25) is 0 Å². The molecular formula is C12H14FNO2. The molecule has 0 saturated carbocycles. The van der Waals surface area contributed by atoms with Gasteiger partial charge in [0.1, 0.15) is 5.82 Å². The third-order valence-corrected chi connectivity index (χ3v) is 2.33. The van der Waals surface area contributed by atoms with E-state index < -0.39 is 6.09 Å². The number of carbonyl (C=O) groups is 1. The second-order valence-electron chi connectivity index (χ2n) is 3.71. The van der Waals surface area contributed by atoms with Crippen molar-refractivity contribution in [1.29, 1.82) is 0 Å². The predicted octanol–water partition coefficient (Wildman–Crippen LogP) is 2.76. The number of nitrogens with zero attached hydrogens (tertiary/aromatic N) is 1. The zero-order chi connectivity index (χ0) is 12.3. The Morgan fingerprint density at radius 1 is 1.56 bits per heavy atom. The Kier molecular flexibility index (Phi) is 3.66. The third kappa shape index (κ3) is 2.82. The van der Waals surface area contributed by atoms with Gasteiger partial charge in [-0.25, -0.2) is 9.18 Å². The molecule has 0 unspecified atom stereocenters. The Bertz CT molecular complexity index is 429. The molecule has 0 saturated heterocycles. The van der Waals surface area contributed by atoms with E-state index in [2.05, 4.69) is 6.58 Å². The van der Waals surface area contributed by atoms with Crippen LogP contribution in [0.5, 0.6) is 0 Å². The van der Waals surface area contributed by atoms with E-state index in [1.54, 1.807) is 19.1 Å².